The second kappa shape index (κ2) is 3.09. The molecule has 5 heteroatoms. The number of carbonyl (C=O) groups excluding carboxylic acids is 1. The van der Waals surface area contributed by atoms with Crippen LogP contribution in [-0.4, -0.2) is 10.8 Å². The average molecular weight is 255 g/mol. The first-order valence-electron chi connectivity index (χ1n) is 3.94. The van der Waals surface area contributed by atoms with Crippen molar-refractivity contribution < 1.29 is 9.21 Å². The first-order valence-corrected chi connectivity index (χ1v) is 4.73. The van der Waals surface area contributed by atoms with E-state index in [0.29, 0.717) is 21.1 Å². The van der Waals surface area contributed by atoms with Crippen LogP contribution in [0.2, 0.25) is 0 Å². The lowest BCUT2D eigenvalue weighted by Crippen LogP contribution is -1.91. The number of anilines is 1. The average Bonchev–Trinajstić information content (AvgIpc) is 2.45. The third-order valence-electron chi connectivity index (χ3n) is 1.87. The molecule has 0 amide bonds. The van der Waals surface area contributed by atoms with Gasteiger partial charge in [-0.05, 0) is 35.0 Å². The van der Waals surface area contributed by atoms with E-state index in [2.05, 4.69) is 20.9 Å². The SMILES string of the molecule is CC(=O)c1cc(Br)c2oc(N)nc2c1. The van der Waals surface area contributed by atoms with E-state index in [9.17, 15) is 4.79 Å². The lowest BCUT2D eigenvalue weighted by molar-refractivity contribution is 0.101. The van der Waals surface area contributed by atoms with Crippen molar-refractivity contribution >= 4 is 38.8 Å². The molecule has 0 aliphatic carbocycles. The van der Waals surface area contributed by atoms with Crippen LogP contribution in [0.3, 0.4) is 0 Å². The van der Waals surface area contributed by atoms with Crippen molar-refractivity contribution in [3.05, 3.63) is 22.2 Å². The van der Waals surface area contributed by atoms with Gasteiger partial charge in [0.15, 0.2) is 11.4 Å². The lowest BCUT2D eigenvalue weighted by atomic mass is 10.1. The largest absolute Gasteiger partial charge is 0.422 e. The maximum absolute atomic E-state index is 11.1. The van der Waals surface area contributed by atoms with Gasteiger partial charge < -0.3 is 10.2 Å². The van der Waals surface area contributed by atoms with Crippen molar-refractivity contribution in [2.45, 2.75) is 6.92 Å². The molecule has 1 aromatic carbocycles. The summed E-state index contributed by atoms with van der Waals surface area (Å²) < 4.78 is 5.83. The Balaban J connectivity index is 2.77. The standard InChI is InChI=1S/C9H7BrN2O2/c1-4(13)5-2-6(10)8-7(3-5)12-9(11)14-8/h2-3H,1H3,(H2,11,12). The van der Waals surface area contributed by atoms with Gasteiger partial charge >= 0.3 is 0 Å². The minimum atomic E-state index is -0.0193. The van der Waals surface area contributed by atoms with Crippen molar-refractivity contribution in [3.8, 4) is 0 Å². The molecule has 0 spiro atoms. The van der Waals surface area contributed by atoms with E-state index in [1.807, 2.05) is 0 Å². The number of nitrogen functional groups attached to an aromatic ring is 1. The summed E-state index contributed by atoms with van der Waals surface area (Å²) in [5.74, 6) is -0.0193. The normalized spacial score (nSPS) is 10.7. The van der Waals surface area contributed by atoms with Crippen LogP contribution in [0.1, 0.15) is 17.3 Å². The zero-order valence-electron chi connectivity index (χ0n) is 7.37. The zero-order valence-corrected chi connectivity index (χ0v) is 8.96. The number of fused-ring (bicyclic) bond motifs is 1. The summed E-state index contributed by atoms with van der Waals surface area (Å²) in [6.45, 7) is 1.50. The number of nitrogens with zero attached hydrogens (tertiary/aromatic N) is 1. The van der Waals surface area contributed by atoms with Crippen LogP contribution in [0, 0.1) is 0 Å². The van der Waals surface area contributed by atoms with Crippen molar-refractivity contribution in [1.82, 2.24) is 4.98 Å². The van der Waals surface area contributed by atoms with Crippen LogP contribution >= 0.6 is 15.9 Å². The summed E-state index contributed by atoms with van der Waals surface area (Å²) >= 11 is 3.29. The van der Waals surface area contributed by atoms with Gasteiger partial charge in [-0.15, -0.1) is 0 Å². The Morgan fingerprint density at radius 1 is 1.57 bits per heavy atom. The van der Waals surface area contributed by atoms with E-state index in [0.717, 1.165) is 0 Å². The highest BCUT2D eigenvalue weighted by Crippen LogP contribution is 2.27. The quantitative estimate of drug-likeness (QED) is 0.794. The Bertz CT molecular complexity index is 519. The fraction of sp³-hybridized carbons (Fsp3) is 0.111. The molecular weight excluding hydrogens is 248 g/mol. The molecule has 0 aliphatic rings. The van der Waals surface area contributed by atoms with E-state index in [1.165, 1.54) is 6.92 Å². The zero-order chi connectivity index (χ0) is 10.3. The molecule has 0 saturated carbocycles. The number of benzene rings is 1. The highest BCUT2D eigenvalue weighted by molar-refractivity contribution is 9.10. The maximum atomic E-state index is 11.1. The summed E-state index contributed by atoms with van der Waals surface area (Å²) in [5, 5.41) is 0. The number of hydrogen-bond donors (Lipinski definition) is 1. The van der Waals surface area contributed by atoms with Gasteiger partial charge in [0.2, 0.25) is 0 Å². The van der Waals surface area contributed by atoms with Gasteiger partial charge in [0, 0.05) is 5.56 Å². The molecule has 2 rings (SSSR count). The topological polar surface area (TPSA) is 69.1 Å². The molecule has 0 atom stereocenters. The highest BCUT2D eigenvalue weighted by Gasteiger charge is 2.10. The van der Waals surface area contributed by atoms with Gasteiger partial charge in [-0.2, -0.15) is 4.98 Å². The minimum absolute atomic E-state index is 0.0193. The molecule has 0 saturated heterocycles. The molecular formula is C9H7BrN2O2. The number of carbonyl (C=O) groups is 1. The number of rotatable bonds is 1. The predicted octanol–water partition coefficient (Wildman–Crippen LogP) is 2.38. The molecule has 0 fully saturated rings. The fourth-order valence-electron chi connectivity index (χ4n) is 1.21. The van der Waals surface area contributed by atoms with Crippen LogP contribution < -0.4 is 5.73 Å². The second-order valence-corrected chi connectivity index (χ2v) is 3.77. The number of nitrogens with two attached hydrogens (primary N) is 1. The summed E-state index contributed by atoms with van der Waals surface area (Å²) in [6.07, 6.45) is 0. The first kappa shape index (κ1) is 9.21. The van der Waals surface area contributed by atoms with Crippen molar-refractivity contribution in [3.63, 3.8) is 0 Å². The van der Waals surface area contributed by atoms with E-state index >= 15 is 0 Å². The molecule has 0 aliphatic heterocycles. The number of halogens is 1. The molecule has 2 N–H and O–H groups in total. The van der Waals surface area contributed by atoms with Crippen molar-refractivity contribution in [2.75, 3.05) is 5.73 Å². The van der Waals surface area contributed by atoms with Crippen LogP contribution in [0.5, 0.6) is 0 Å². The molecule has 4 nitrogen and oxygen atoms in total. The van der Waals surface area contributed by atoms with E-state index < -0.39 is 0 Å². The monoisotopic (exact) mass is 254 g/mol. The minimum Gasteiger partial charge on any atom is -0.422 e. The van der Waals surface area contributed by atoms with Gasteiger partial charge in [0.25, 0.3) is 6.01 Å². The molecule has 0 radical (unpaired) electrons. The predicted molar refractivity (Wildman–Crippen MR) is 56.1 cm³/mol. The summed E-state index contributed by atoms with van der Waals surface area (Å²) in [4.78, 5) is 15.1. The smallest absolute Gasteiger partial charge is 0.293 e. The molecule has 2 aromatic rings. The first-order chi connectivity index (χ1) is 6.58. The Morgan fingerprint density at radius 2 is 2.29 bits per heavy atom. The van der Waals surface area contributed by atoms with Crippen LogP contribution in [0.4, 0.5) is 6.01 Å². The molecule has 72 valence electrons. The second-order valence-electron chi connectivity index (χ2n) is 2.91. The number of ketones is 1. The highest BCUT2D eigenvalue weighted by atomic mass is 79.9. The van der Waals surface area contributed by atoms with Crippen molar-refractivity contribution in [1.29, 1.82) is 0 Å². The Morgan fingerprint density at radius 3 is 2.93 bits per heavy atom. The van der Waals surface area contributed by atoms with Crippen molar-refractivity contribution in [2.24, 2.45) is 0 Å². The van der Waals surface area contributed by atoms with Gasteiger partial charge in [-0.3, -0.25) is 4.79 Å². The molecule has 1 heterocycles. The van der Waals surface area contributed by atoms with Gasteiger partial charge in [-0.1, -0.05) is 0 Å². The number of hydrogen-bond acceptors (Lipinski definition) is 4. The van der Waals surface area contributed by atoms with Crippen LogP contribution in [0.15, 0.2) is 21.0 Å². The summed E-state index contributed by atoms with van der Waals surface area (Å²) in [5.41, 5.74) is 7.13. The molecule has 14 heavy (non-hydrogen) atoms. The Hall–Kier alpha value is -1.36. The van der Waals surface area contributed by atoms with Gasteiger partial charge in [0.1, 0.15) is 5.52 Å². The van der Waals surface area contributed by atoms with Crippen LogP contribution in [0.25, 0.3) is 11.1 Å². The van der Waals surface area contributed by atoms with E-state index in [-0.39, 0.29) is 11.8 Å². The molecule has 0 unspecified atom stereocenters. The van der Waals surface area contributed by atoms with Crippen LogP contribution in [-0.2, 0) is 0 Å². The summed E-state index contributed by atoms with van der Waals surface area (Å²) in [7, 11) is 0. The molecule has 0 bridgehead atoms. The maximum Gasteiger partial charge on any atom is 0.293 e. The number of aromatic nitrogens is 1. The fourth-order valence-corrected chi connectivity index (χ4v) is 1.74. The van der Waals surface area contributed by atoms with E-state index in [1.54, 1.807) is 12.1 Å². The Kier molecular flexibility index (Phi) is 2.03. The molecule has 1 aromatic heterocycles. The third kappa shape index (κ3) is 1.39. The Labute approximate surface area is 88.2 Å². The van der Waals surface area contributed by atoms with E-state index in [4.69, 9.17) is 10.2 Å². The summed E-state index contributed by atoms with van der Waals surface area (Å²) in [6, 6.07) is 3.44. The van der Waals surface area contributed by atoms with Gasteiger partial charge in [-0.25, -0.2) is 0 Å². The van der Waals surface area contributed by atoms with Gasteiger partial charge in [0.05, 0.1) is 4.47 Å². The lowest BCUT2D eigenvalue weighted by Gasteiger charge is -1.96. The third-order valence-corrected chi connectivity index (χ3v) is 2.46. The number of oxazole rings is 1. The number of Topliss-reactive ketones (excluding diaryl/α,β-unsaturated/α-hetero) is 1.